The summed E-state index contributed by atoms with van der Waals surface area (Å²) in [5.41, 5.74) is 4.54. The van der Waals surface area contributed by atoms with Gasteiger partial charge in [-0.1, -0.05) is 6.07 Å². The molecule has 2 aromatic rings. The van der Waals surface area contributed by atoms with Crippen LogP contribution in [0.2, 0.25) is 0 Å². The molecule has 0 fully saturated rings. The Labute approximate surface area is 162 Å². The summed E-state index contributed by atoms with van der Waals surface area (Å²) in [4.78, 5) is 16.5. The van der Waals surface area contributed by atoms with Crippen LogP contribution in [0.5, 0.6) is 0 Å². The van der Waals surface area contributed by atoms with Crippen LogP contribution >= 0.6 is 11.3 Å². The summed E-state index contributed by atoms with van der Waals surface area (Å²) in [5.74, 6) is 0. The van der Waals surface area contributed by atoms with E-state index in [4.69, 9.17) is 5.14 Å². The number of thiazole rings is 1. The summed E-state index contributed by atoms with van der Waals surface area (Å²) in [7, 11) is -3.43. The Kier molecular flexibility index (Phi) is 4.38. The molecule has 27 heavy (non-hydrogen) atoms. The van der Waals surface area contributed by atoms with E-state index in [-0.39, 0.29) is 4.21 Å². The smallest absolute Gasteiger partial charge is 0.354 e. The van der Waals surface area contributed by atoms with Gasteiger partial charge in [-0.2, -0.15) is 0 Å². The van der Waals surface area contributed by atoms with Crippen molar-refractivity contribution in [3.63, 3.8) is 0 Å². The average Bonchev–Trinajstić information content (AvgIpc) is 3.18. The summed E-state index contributed by atoms with van der Waals surface area (Å²) in [6.07, 6.45) is 6.30. The topological polar surface area (TPSA) is 118 Å². The van der Waals surface area contributed by atoms with E-state index in [0.717, 1.165) is 54.7 Å². The molecular formula is C18H22N4O3S2. The number of amides is 2. The standard InChI is InChI=1S/C18H22N4O3S2/c1-18(2,24)16-20-9-14(26-16)27(19,25)22-17(23)21-15-12-5-3-4-10(12)8-11-6-7-13(11)15/h8-9,24H,3-7H2,1-2H3,(H3,19,21,22,23,25)/t27-/m1/s1. The molecule has 4 rings (SSSR count). The minimum atomic E-state index is -3.43. The number of fused-ring (bicyclic) bond motifs is 2. The van der Waals surface area contributed by atoms with Crippen LogP contribution in [0, 0.1) is 0 Å². The lowest BCUT2D eigenvalue weighted by atomic mass is 9.83. The van der Waals surface area contributed by atoms with Gasteiger partial charge in [0.05, 0.1) is 6.20 Å². The fourth-order valence-corrected chi connectivity index (χ4v) is 5.63. The van der Waals surface area contributed by atoms with Crippen molar-refractivity contribution in [1.82, 2.24) is 4.98 Å². The van der Waals surface area contributed by atoms with Crippen molar-refractivity contribution in [3.8, 4) is 0 Å². The van der Waals surface area contributed by atoms with Gasteiger partial charge in [-0.05, 0) is 68.2 Å². The molecule has 0 saturated heterocycles. The lowest BCUT2D eigenvalue weighted by Crippen LogP contribution is -2.20. The van der Waals surface area contributed by atoms with Crippen LogP contribution < -0.4 is 10.5 Å². The number of carbonyl (C=O) groups excluding carboxylic acids is 1. The van der Waals surface area contributed by atoms with Crippen molar-refractivity contribution in [1.29, 1.82) is 0 Å². The molecule has 0 bridgehead atoms. The van der Waals surface area contributed by atoms with Crippen molar-refractivity contribution in [2.45, 2.75) is 55.8 Å². The highest BCUT2D eigenvalue weighted by Crippen LogP contribution is 2.39. The molecule has 1 heterocycles. The summed E-state index contributed by atoms with van der Waals surface area (Å²) < 4.78 is 16.7. The number of nitrogens with zero attached hydrogens (tertiary/aromatic N) is 2. The molecule has 0 saturated carbocycles. The van der Waals surface area contributed by atoms with E-state index in [9.17, 15) is 14.1 Å². The van der Waals surface area contributed by atoms with Crippen LogP contribution in [0.15, 0.2) is 20.8 Å². The van der Waals surface area contributed by atoms with Gasteiger partial charge in [-0.3, -0.25) is 0 Å². The van der Waals surface area contributed by atoms with Gasteiger partial charge in [0.2, 0.25) is 0 Å². The van der Waals surface area contributed by atoms with Crippen molar-refractivity contribution in [2.24, 2.45) is 9.50 Å². The van der Waals surface area contributed by atoms with Crippen LogP contribution in [0.25, 0.3) is 0 Å². The highest BCUT2D eigenvalue weighted by atomic mass is 32.2. The predicted molar refractivity (Wildman–Crippen MR) is 105 cm³/mol. The number of urea groups is 1. The maximum absolute atomic E-state index is 12.8. The first-order chi connectivity index (χ1) is 12.6. The number of aryl methyl sites for hydroxylation is 2. The Morgan fingerprint density at radius 3 is 2.63 bits per heavy atom. The molecule has 0 spiro atoms. The summed E-state index contributed by atoms with van der Waals surface area (Å²) in [6, 6.07) is 1.53. The molecule has 9 heteroatoms. The molecule has 2 amide bonds. The molecular weight excluding hydrogens is 384 g/mol. The zero-order valence-corrected chi connectivity index (χ0v) is 16.9. The van der Waals surface area contributed by atoms with Crippen molar-refractivity contribution in [2.75, 3.05) is 5.32 Å². The minimum absolute atomic E-state index is 0.168. The van der Waals surface area contributed by atoms with E-state index in [1.807, 2.05) is 0 Å². The van der Waals surface area contributed by atoms with Gasteiger partial charge >= 0.3 is 6.03 Å². The molecule has 144 valence electrons. The Morgan fingerprint density at radius 2 is 2.00 bits per heavy atom. The number of aromatic nitrogens is 1. The van der Waals surface area contributed by atoms with E-state index in [1.165, 1.54) is 22.9 Å². The monoisotopic (exact) mass is 406 g/mol. The second-order valence-corrected chi connectivity index (χ2v) is 10.6. The van der Waals surface area contributed by atoms with Crippen LogP contribution in [0.3, 0.4) is 0 Å². The van der Waals surface area contributed by atoms with Gasteiger partial charge < -0.3 is 10.4 Å². The number of carbonyl (C=O) groups is 1. The first kappa shape index (κ1) is 18.5. The van der Waals surface area contributed by atoms with Crippen LogP contribution in [-0.4, -0.2) is 20.3 Å². The number of aliphatic hydroxyl groups is 1. The maximum atomic E-state index is 12.8. The van der Waals surface area contributed by atoms with Crippen LogP contribution in [0.1, 0.15) is 47.5 Å². The molecule has 0 radical (unpaired) electrons. The number of nitrogens with one attached hydrogen (secondary N) is 1. The van der Waals surface area contributed by atoms with E-state index >= 15 is 0 Å². The number of anilines is 1. The highest BCUT2D eigenvalue weighted by Gasteiger charge is 2.27. The second-order valence-electron chi connectivity index (χ2n) is 7.51. The van der Waals surface area contributed by atoms with Crippen molar-refractivity contribution in [3.05, 3.63) is 39.5 Å². The number of rotatable bonds is 3. The fraction of sp³-hybridized carbons (Fsp3) is 0.444. The molecule has 1 aromatic carbocycles. The van der Waals surface area contributed by atoms with Gasteiger partial charge in [0.1, 0.15) is 14.8 Å². The molecule has 2 aliphatic rings. The lowest BCUT2D eigenvalue weighted by molar-refractivity contribution is 0.0783. The molecule has 2 aliphatic carbocycles. The third-order valence-electron chi connectivity index (χ3n) is 4.99. The van der Waals surface area contributed by atoms with E-state index in [1.54, 1.807) is 13.8 Å². The number of hydrogen-bond acceptors (Lipinski definition) is 5. The normalized spacial score (nSPS) is 17.5. The molecule has 1 atom stereocenters. The number of benzene rings is 1. The SMILES string of the molecule is CC(C)(O)c1ncc([S@](N)(=O)=NC(=O)Nc2c3c(cc4c2CC4)CCC3)s1. The number of hydrogen-bond donors (Lipinski definition) is 3. The first-order valence-corrected chi connectivity index (χ1v) is 11.3. The van der Waals surface area contributed by atoms with E-state index < -0.39 is 21.5 Å². The molecule has 7 nitrogen and oxygen atoms in total. The van der Waals surface area contributed by atoms with Gasteiger partial charge in [0.25, 0.3) is 0 Å². The zero-order chi connectivity index (χ0) is 19.4. The van der Waals surface area contributed by atoms with Gasteiger partial charge in [-0.25, -0.2) is 19.1 Å². The predicted octanol–water partition coefficient (Wildman–Crippen LogP) is 2.89. The Bertz CT molecular complexity index is 1060. The Morgan fingerprint density at radius 1 is 1.30 bits per heavy atom. The quantitative estimate of drug-likeness (QED) is 0.726. The van der Waals surface area contributed by atoms with Gasteiger partial charge in [-0.15, -0.1) is 15.7 Å². The first-order valence-electron chi connectivity index (χ1n) is 8.86. The summed E-state index contributed by atoms with van der Waals surface area (Å²) in [5, 5.41) is 19.0. The average molecular weight is 407 g/mol. The van der Waals surface area contributed by atoms with Crippen molar-refractivity contribution < 1.29 is 14.1 Å². The summed E-state index contributed by atoms with van der Waals surface area (Å²) >= 11 is 0.997. The van der Waals surface area contributed by atoms with Crippen LogP contribution in [0.4, 0.5) is 10.5 Å². The number of nitrogens with two attached hydrogens (primary N) is 1. The van der Waals surface area contributed by atoms with Crippen LogP contribution in [-0.2, 0) is 41.2 Å². The van der Waals surface area contributed by atoms with Gasteiger partial charge in [0, 0.05) is 5.69 Å². The third kappa shape index (κ3) is 3.40. The van der Waals surface area contributed by atoms with E-state index in [2.05, 4.69) is 20.7 Å². The van der Waals surface area contributed by atoms with Crippen molar-refractivity contribution >= 4 is 33.0 Å². The summed E-state index contributed by atoms with van der Waals surface area (Å²) in [6.45, 7) is 3.15. The Hall–Kier alpha value is -1.81. The minimum Gasteiger partial charge on any atom is -0.383 e. The lowest BCUT2D eigenvalue weighted by Gasteiger charge is -2.25. The Balaban J connectivity index is 1.63. The van der Waals surface area contributed by atoms with Gasteiger partial charge in [0.15, 0.2) is 9.92 Å². The molecule has 0 aliphatic heterocycles. The maximum Gasteiger partial charge on any atom is 0.354 e. The van der Waals surface area contributed by atoms with E-state index in [0.29, 0.717) is 5.01 Å². The largest absolute Gasteiger partial charge is 0.383 e. The highest BCUT2D eigenvalue weighted by molar-refractivity contribution is 7.93. The molecule has 0 unspecified atom stereocenters. The molecule has 4 N–H and O–H groups in total. The molecule has 1 aromatic heterocycles. The fourth-order valence-electron chi connectivity index (χ4n) is 3.57. The second kappa shape index (κ2) is 6.37. The zero-order valence-electron chi connectivity index (χ0n) is 15.2. The third-order valence-corrected chi connectivity index (χ3v) is 8.18.